The quantitative estimate of drug-likeness (QED) is 0.837. The van der Waals surface area contributed by atoms with Crippen molar-refractivity contribution in [3.63, 3.8) is 0 Å². The minimum absolute atomic E-state index is 0. The molecule has 5 heteroatoms. The van der Waals surface area contributed by atoms with E-state index in [1.807, 2.05) is 12.1 Å². The summed E-state index contributed by atoms with van der Waals surface area (Å²) in [5.74, 6) is 1.78. The molecule has 0 radical (unpaired) electrons. The fraction of sp³-hybridized carbons (Fsp3) is 0.364. The zero-order valence-corrected chi connectivity index (χ0v) is 10.1. The lowest BCUT2D eigenvalue weighted by atomic mass is 10.1. The maximum atomic E-state index is 6.06. The molecule has 1 atom stereocenters. The van der Waals surface area contributed by atoms with E-state index in [9.17, 15) is 0 Å². The molecule has 3 rings (SSSR count). The molecule has 0 fully saturated rings. The molecule has 1 aromatic carbocycles. The van der Waals surface area contributed by atoms with Gasteiger partial charge in [-0.1, -0.05) is 23.7 Å². The smallest absolute Gasteiger partial charge is 0.159 e. The van der Waals surface area contributed by atoms with E-state index in [0.29, 0.717) is 5.02 Å². The lowest BCUT2D eigenvalue weighted by Crippen LogP contribution is -2.34. The van der Waals surface area contributed by atoms with Crippen LogP contribution in [0.25, 0.3) is 0 Å². The van der Waals surface area contributed by atoms with Crippen LogP contribution in [0.15, 0.2) is 23.2 Å². The number of amidine groups is 1. The normalized spacial score (nSPS) is 21.6. The number of fused-ring (bicyclic) bond motifs is 1. The standard InChI is InChI=1S/C11H11ClN2O.ClH/c12-8-3-1-2-7-6-9(15-10(7)8)11-13-4-5-14-11;/h1-3,9H,4-6H2,(H,13,14);1H. The van der Waals surface area contributed by atoms with E-state index in [2.05, 4.69) is 16.4 Å². The van der Waals surface area contributed by atoms with Crippen molar-refractivity contribution < 1.29 is 4.74 Å². The minimum atomic E-state index is 0. The molecule has 0 aromatic heterocycles. The Labute approximate surface area is 105 Å². The Morgan fingerprint density at radius 2 is 2.31 bits per heavy atom. The number of nitrogens with zero attached hydrogens (tertiary/aromatic N) is 1. The van der Waals surface area contributed by atoms with Gasteiger partial charge in [0.15, 0.2) is 6.10 Å². The van der Waals surface area contributed by atoms with Gasteiger partial charge in [-0.2, -0.15) is 0 Å². The second-order valence-corrected chi connectivity index (χ2v) is 4.14. The fourth-order valence-electron chi connectivity index (χ4n) is 2.01. The molecule has 0 saturated carbocycles. The molecule has 1 aromatic rings. The van der Waals surface area contributed by atoms with Crippen molar-refractivity contribution in [2.24, 2.45) is 4.99 Å². The summed E-state index contributed by atoms with van der Waals surface area (Å²) in [6, 6.07) is 5.86. The summed E-state index contributed by atoms with van der Waals surface area (Å²) in [7, 11) is 0. The van der Waals surface area contributed by atoms with E-state index in [0.717, 1.165) is 31.1 Å². The number of benzene rings is 1. The van der Waals surface area contributed by atoms with Crippen molar-refractivity contribution in [2.45, 2.75) is 12.5 Å². The summed E-state index contributed by atoms with van der Waals surface area (Å²) >= 11 is 6.06. The lowest BCUT2D eigenvalue weighted by molar-refractivity contribution is 0.298. The van der Waals surface area contributed by atoms with Crippen LogP contribution in [0.1, 0.15) is 5.56 Å². The number of para-hydroxylation sites is 1. The summed E-state index contributed by atoms with van der Waals surface area (Å²) in [4.78, 5) is 4.37. The van der Waals surface area contributed by atoms with Gasteiger partial charge in [-0.15, -0.1) is 12.4 Å². The number of halogens is 2. The first-order chi connectivity index (χ1) is 7.34. The van der Waals surface area contributed by atoms with Crippen LogP contribution in [-0.4, -0.2) is 25.0 Å². The van der Waals surface area contributed by atoms with Gasteiger partial charge in [-0.05, 0) is 11.6 Å². The SMILES string of the molecule is Cl.Clc1cccc2c1OC(C1=NCCN1)C2. The van der Waals surface area contributed by atoms with Crippen molar-refractivity contribution in [1.29, 1.82) is 0 Å². The average Bonchev–Trinajstić information content (AvgIpc) is 2.86. The summed E-state index contributed by atoms with van der Waals surface area (Å²) in [5.41, 5.74) is 1.17. The molecule has 1 N–H and O–H groups in total. The number of aliphatic imine (C=N–C) groups is 1. The predicted octanol–water partition coefficient (Wildman–Crippen LogP) is 2.07. The van der Waals surface area contributed by atoms with Crippen LogP contribution in [0.5, 0.6) is 5.75 Å². The monoisotopic (exact) mass is 258 g/mol. The fourth-order valence-corrected chi connectivity index (χ4v) is 2.25. The molecule has 0 spiro atoms. The minimum Gasteiger partial charge on any atom is -0.480 e. The average molecular weight is 259 g/mol. The zero-order chi connectivity index (χ0) is 10.3. The van der Waals surface area contributed by atoms with Crippen molar-refractivity contribution in [3.05, 3.63) is 28.8 Å². The number of nitrogens with one attached hydrogen (secondary N) is 1. The van der Waals surface area contributed by atoms with E-state index in [-0.39, 0.29) is 18.5 Å². The highest BCUT2D eigenvalue weighted by Gasteiger charge is 2.29. The van der Waals surface area contributed by atoms with Crippen LogP contribution in [0, 0.1) is 0 Å². The Bertz CT molecular complexity index is 434. The number of rotatable bonds is 1. The number of ether oxygens (including phenoxy) is 1. The molecule has 0 amide bonds. The summed E-state index contributed by atoms with van der Waals surface area (Å²) in [6.45, 7) is 1.76. The van der Waals surface area contributed by atoms with Crippen molar-refractivity contribution in [1.82, 2.24) is 5.32 Å². The molecule has 1 unspecified atom stereocenters. The molecule has 3 nitrogen and oxygen atoms in total. The predicted molar refractivity (Wildman–Crippen MR) is 67.1 cm³/mol. The van der Waals surface area contributed by atoms with Crippen molar-refractivity contribution in [2.75, 3.05) is 13.1 Å². The van der Waals surface area contributed by atoms with E-state index >= 15 is 0 Å². The van der Waals surface area contributed by atoms with E-state index in [1.54, 1.807) is 0 Å². The third-order valence-corrected chi connectivity index (χ3v) is 3.02. The van der Waals surface area contributed by atoms with Gasteiger partial charge in [0.1, 0.15) is 11.6 Å². The summed E-state index contributed by atoms with van der Waals surface area (Å²) in [5, 5.41) is 3.92. The third-order valence-electron chi connectivity index (χ3n) is 2.72. The molecule has 2 aliphatic rings. The molecule has 0 bridgehead atoms. The molecule has 16 heavy (non-hydrogen) atoms. The lowest BCUT2D eigenvalue weighted by Gasteiger charge is -2.11. The van der Waals surface area contributed by atoms with Gasteiger partial charge in [0.05, 0.1) is 11.6 Å². The molecule has 86 valence electrons. The summed E-state index contributed by atoms with van der Waals surface area (Å²) in [6.07, 6.45) is 0.893. The third kappa shape index (κ3) is 1.85. The van der Waals surface area contributed by atoms with Crippen LogP contribution in [0.3, 0.4) is 0 Å². The number of hydrogen-bond acceptors (Lipinski definition) is 3. The van der Waals surface area contributed by atoms with Crippen LogP contribution in [0.4, 0.5) is 0 Å². The van der Waals surface area contributed by atoms with Gasteiger partial charge < -0.3 is 10.1 Å². The number of hydrogen-bond donors (Lipinski definition) is 1. The van der Waals surface area contributed by atoms with Gasteiger partial charge in [0.2, 0.25) is 0 Å². The highest BCUT2D eigenvalue weighted by molar-refractivity contribution is 6.32. The molecular formula is C11H12Cl2N2O. The topological polar surface area (TPSA) is 33.6 Å². The molecule has 2 aliphatic heterocycles. The van der Waals surface area contributed by atoms with Crippen LogP contribution < -0.4 is 10.1 Å². The Morgan fingerprint density at radius 3 is 3.00 bits per heavy atom. The largest absolute Gasteiger partial charge is 0.480 e. The Hall–Kier alpha value is -0.930. The Morgan fingerprint density at radius 1 is 1.44 bits per heavy atom. The molecule has 0 saturated heterocycles. The van der Waals surface area contributed by atoms with E-state index < -0.39 is 0 Å². The first-order valence-electron chi connectivity index (χ1n) is 5.07. The highest BCUT2D eigenvalue weighted by Crippen LogP contribution is 2.35. The van der Waals surface area contributed by atoms with Gasteiger partial charge >= 0.3 is 0 Å². The Balaban J connectivity index is 0.000000963. The van der Waals surface area contributed by atoms with Crippen LogP contribution in [-0.2, 0) is 6.42 Å². The first kappa shape index (κ1) is 11.6. The second-order valence-electron chi connectivity index (χ2n) is 3.73. The van der Waals surface area contributed by atoms with E-state index in [4.69, 9.17) is 16.3 Å². The van der Waals surface area contributed by atoms with Crippen LogP contribution in [0.2, 0.25) is 5.02 Å². The molecular weight excluding hydrogens is 247 g/mol. The Kier molecular flexibility index (Phi) is 3.26. The van der Waals surface area contributed by atoms with Crippen molar-refractivity contribution >= 4 is 29.8 Å². The van der Waals surface area contributed by atoms with Crippen molar-refractivity contribution in [3.8, 4) is 5.75 Å². The molecule has 0 aliphatic carbocycles. The van der Waals surface area contributed by atoms with Gasteiger partial charge in [0, 0.05) is 13.0 Å². The maximum absolute atomic E-state index is 6.06. The maximum Gasteiger partial charge on any atom is 0.159 e. The van der Waals surface area contributed by atoms with Gasteiger partial charge in [-0.25, -0.2) is 0 Å². The molecule has 2 heterocycles. The van der Waals surface area contributed by atoms with Gasteiger partial charge in [-0.3, -0.25) is 4.99 Å². The summed E-state index contributed by atoms with van der Waals surface area (Å²) < 4.78 is 5.80. The highest BCUT2D eigenvalue weighted by atomic mass is 35.5. The first-order valence-corrected chi connectivity index (χ1v) is 5.44. The van der Waals surface area contributed by atoms with Gasteiger partial charge in [0.25, 0.3) is 0 Å². The second kappa shape index (κ2) is 4.52. The zero-order valence-electron chi connectivity index (χ0n) is 8.57. The van der Waals surface area contributed by atoms with E-state index in [1.165, 1.54) is 5.56 Å². The van der Waals surface area contributed by atoms with Crippen LogP contribution >= 0.6 is 24.0 Å².